The molecule has 2 atom stereocenters. The third kappa shape index (κ3) is 5.67. The van der Waals surface area contributed by atoms with Gasteiger partial charge in [0.2, 0.25) is 5.91 Å². The number of amides is 3. The van der Waals surface area contributed by atoms with Gasteiger partial charge in [-0.3, -0.25) is 4.79 Å². The number of nitrogens with zero attached hydrogens (tertiary/aromatic N) is 1. The first-order valence-electron chi connectivity index (χ1n) is 11.0. The average Bonchev–Trinajstić information content (AvgIpc) is 3.23. The molecule has 0 spiro atoms. The van der Waals surface area contributed by atoms with Crippen molar-refractivity contribution in [3.8, 4) is 11.1 Å². The number of hydrogen-bond donors (Lipinski definition) is 3. The highest BCUT2D eigenvalue weighted by Crippen LogP contribution is 2.30. The Labute approximate surface area is 213 Å². The second-order valence-corrected chi connectivity index (χ2v) is 11.0. The number of anilines is 2. The third-order valence-electron chi connectivity index (χ3n) is 5.82. The molecule has 0 aliphatic carbocycles. The number of nitrogens with two attached hydrogens (primary N) is 1. The quantitative estimate of drug-likeness (QED) is 0.458. The van der Waals surface area contributed by atoms with Crippen LogP contribution in [0.15, 0.2) is 71.6 Å². The van der Waals surface area contributed by atoms with Crippen LogP contribution >= 0.6 is 11.6 Å². The molecule has 188 valence electrons. The van der Waals surface area contributed by atoms with Crippen molar-refractivity contribution in [1.29, 1.82) is 0 Å². The zero-order valence-electron chi connectivity index (χ0n) is 19.2. The van der Waals surface area contributed by atoms with Gasteiger partial charge in [0.15, 0.2) is 9.84 Å². The Morgan fingerprint density at radius 1 is 1.06 bits per heavy atom. The van der Waals surface area contributed by atoms with Gasteiger partial charge < -0.3 is 21.3 Å². The van der Waals surface area contributed by atoms with Crippen LogP contribution < -0.4 is 16.4 Å². The molecule has 1 aliphatic rings. The molecule has 0 aromatic heterocycles. The van der Waals surface area contributed by atoms with Gasteiger partial charge in [-0.1, -0.05) is 35.9 Å². The molecule has 3 amide bonds. The lowest BCUT2D eigenvalue weighted by atomic mass is 10.0. The molecule has 1 aliphatic heterocycles. The molecule has 4 N–H and O–H groups in total. The van der Waals surface area contributed by atoms with E-state index in [4.69, 9.17) is 17.3 Å². The van der Waals surface area contributed by atoms with Gasteiger partial charge in [-0.15, -0.1) is 0 Å². The van der Waals surface area contributed by atoms with Crippen LogP contribution in [0.5, 0.6) is 0 Å². The van der Waals surface area contributed by atoms with Crippen molar-refractivity contribution in [2.45, 2.75) is 23.4 Å². The Balaban J connectivity index is 1.51. The number of halogens is 2. The van der Waals surface area contributed by atoms with Crippen LogP contribution in [0.3, 0.4) is 0 Å². The van der Waals surface area contributed by atoms with Crippen molar-refractivity contribution in [2.75, 3.05) is 23.4 Å². The molecule has 11 heteroatoms. The summed E-state index contributed by atoms with van der Waals surface area (Å²) >= 11 is 5.87. The molecule has 0 saturated carbocycles. The van der Waals surface area contributed by atoms with Gasteiger partial charge in [0, 0.05) is 35.1 Å². The first-order chi connectivity index (χ1) is 17.0. The normalized spacial score (nSPS) is 17.6. The van der Waals surface area contributed by atoms with Crippen LogP contribution in [0, 0.1) is 5.82 Å². The monoisotopic (exact) mass is 530 g/mol. The summed E-state index contributed by atoms with van der Waals surface area (Å²) in [7, 11) is -3.53. The Morgan fingerprint density at radius 2 is 1.75 bits per heavy atom. The van der Waals surface area contributed by atoms with Crippen molar-refractivity contribution in [2.24, 2.45) is 5.73 Å². The highest BCUT2D eigenvalue weighted by molar-refractivity contribution is 7.90. The summed E-state index contributed by atoms with van der Waals surface area (Å²) in [6.45, 7) is 0.154. The lowest BCUT2D eigenvalue weighted by Gasteiger charge is -2.24. The minimum absolute atomic E-state index is 0.0727. The second kappa shape index (κ2) is 10.3. The third-order valence-corrected chi connectivity index (χ3v) is 7.22. The maximum atomic E-state index is 15.0. The molecule has 0 radical (unpaired) electrons. The number of nitrogens with one attached hydrogen (secondary N) is 2. The molecule has 1 fully saturated rings. The van der Waals surface area contributed by atoms with E-state index in [9.17, 15) is 22.4 Å². The number of urea groups is 1. The molecule has 3 aromatic rings. The SMILES string of the molecule is CS(=O)(=O)c1ccccc1-c1ccc(NC(=O)C2CC(N)CN2C(=O)Nc2ccc(Cl)cc2)c(F)c1. The summed E-state index contributed by atoms with van der Waals surface area (Å²) in [6.07, 6.45) is 1.29. The van der Waals surface area contributed by atoms with E-state index in [0.717, 1.165) is 12.3 Å². The van der Waals surface area contributed by atoms with E-state index >= 15 is 0 Å². The van der Waals surface area contributed by atoms with Gasteiger partial charge >= 0.3 is 6.03 Å². The molecular weight excluding hydrogens is 507 g/mol. The lowest BCUT2D eigenvalue weighted by molar-refractivity contribution is -0.119. The number of carbonyl (C=O) groups is 2. The van der Waals surface area contributed by atoms with Gasteiger partial charge in [0.1, 0.15) is 11.9 Å². The number of sulfone groups is 1. The number of rotatable bonds is 5. The highest BCUT2D eigenvalue weighted by Gasteiger charge is 2.38. The summed E-state index contributed by atoms with van der Waals surface area (Å²) in [4.78, 5) is 27.2. The van der Waals surface area contributed by atoms with Crippen LogP contribution in [0.2, 0.25) is 5.02 Å². The Morgan fingerprint density at radius 3 is 2.42 bits per heavy atom. The molecule has 1 saturated heterocycles. The van der Waals surface area contributed by atoms with Gasteiger partial charge in [0.25, 0.3) is 0 Å². The summed E-state index contributed by atoms with van der Waals surface area (Å²) < 4.78 is 39.2. The molecular formula is C25H24ClFN4O4S. The van der Waals surface area contributed by atoms with E-state index in [2.05, 4.69) is 10.6 Å². The van der Waals surface area contributed by atoms with Crippen molar-refractivity contribution < 1.29 is 22.4 Å². The van der Waals surface area contributed by atoms with Gasteiger partial charge in [-0.2, -0.15) is 0 Å². The van der Waals surface area contributed by atoms with Crippen molar-refractivity contribution in [1.82, 2.24) is 4.90 Å². The summed E-state index contributed by atoms with van der Waals surface area (Å²) in [5.41, 5.74) is 7.12. The van der Waals surface area contributed by atoms with Crippen LogP contribution in [0.4, 0.5) is 20.6 Å². The number of carbonyl (C=O) groups excluding carboxylic acids is 2. The molecule has 8 nitrogen and oxygen atoms in total. The first-order valence-corrected chi connectivity index (χ1v) is 13.3. The summed E-state index contributed by atoms with van der Waals surface area (Å²) in [6, 6.07) is 15.0. The van der Waals surface area contributed by atoms with Crippen molar-refractivity contribution >= 4 is 44.8 Å². The summed E-state index contributed by atoms with van der Waals surface area (Å²) in [5, 5.41) is 5.75. The zero-order valence-corrected chi connectivity index (χ0v) is 20.8. The molecule has 0 bridgehead atoms. The molecule has 36 heavy (non-hydrogen) atoms. The van der Waals surface area contributed by atoms with E-state index in [0.29, 0.717) is 21.8 Å². The van der Waals surface area contributed by atoms with E-state index in [1.807, 2.05) is 0 Å². The second-order valence-electron chi connectivity index (χ2n) is 8.55. The maximum absolute atomic E-state index is 15.0. The minimum Gasteiger partial charge on any atom is -0.326 e. The largest absolute Gasteiger partial charge is 0.326 e. The topological polar surface area (TPSA) is 122 Å². The lowest BCUT2D eigenvalue weighted by Crippen LogP contribution is -2.45. The number of likely N-dealkylation sites (tertiary alicyclic amines) is 1. The van der Waals surface area contributed by atoms with E-state index in [1.54, 1.807) is 42.5 Å². The Kier molecular flexibility index (Phi) is 7.30. The standard InChI is InChI=1S/C25H24ClFN4O4S/c1-36(34,35)23-5-3-2-4-19(23)15-6-11-21(20(27)12-15)30-24(32)22-13-17(28)14-31(22)25(33)29-18-9-7-16(26)8-10-18/h2-12,17,22H,13-14,28H2,1H3,(H,29,33)(H,30,32). The molecule has 4 rings (SSSR count). The predicted molar refractivity (Wildman–Crippen MR) is 137 cm³/mol. The van der Waals surface area contributed by atoms with Gasteiger partial charge in [0.05, 0.1) is 10.6 Å². The molecule has 2 unspecified atom stereocenters. The Hall–Kier alpha value is -3.47. The maximum Gasteiger partial charge on any atom is 0.322 e. The fourth-order valence-electron chi connectivity index (χ4n) is 4.10. The Bertz CT molecular complexity index is 1420. The minimum atomic E-state index is -3.53. The molecule has 1 heterocycles. The van der Waals surface area contributed by atoms with E-state index in [1.165, 1.54) is 23.1 Å². The molecule has 3 aromatic carbocycles. The van der Waals surface area contributed by atoms with Crippen molar-refractivity contribution in [3.63, 3.8) is 0 Å². The zero-order chi connectivity index (χ0) is 26.0. The van der Waals surface area contributed by atoms with Crippen LogP contribution in [-0.4, -0.2) is 50.1 Å². The summed E-state index contributed by atoms with van der Waals surface area (Å²) in [5.74, 6) is -1.33. The van der Waals surface area contributed by atoms with E-state index in [-0.39, 0.29) is 23.5 Å². The fourth-order valence-corrected chi connectivity index (χ4v) is 5.14. The van der Waals surface area contributed by atoms with Crippen LogP contribution in [0.25, 0.3) is 11.1 Å². The number of hydrogen-bond acceptors (Lipinski definition) is 5. The predicted octanol–water partition coefficient (Wildman–Crippen LogP) is 4.12. The van der Waals surface area contributed by atoms with Crippen LogP contribution in [-0.2, 0) is 14.6 Å². The highest BCUT2D eigenvalue weighted by atomic mass is 35.5. The van der Waals surface area contributed by atoms with Gasteiger partial charge in [-0.05, 0) is 54.4 Å². The van der Waals surface area contributed by atoms with E-state index < -0.39 is 39.7 Å². The van der Waals surface area contributed by atoms with Crippen LogP contribution in [0.1, 0.15) is 6.42 Å². The van der Waals surface area contributed by atoms with Gasteiger partial charge in [-0.25, -0.2) is 17.6 Å². The first kappa shape index (κ1) is 25.6. The number of benzene rings is 3. The smallest absolute Gasteiger partial charge is 0.322 e. The average molecular weight is 531 g/mol. The fraction of sp³-hybridized carbons (Fsp3) is 0.200. The van der Waals surface area contributed by atoms with Crippen molar-refractivity contribution in [3.05, 3.63) is 77.6 Å².